The molecule has 1 aliphatic carbocycles. The molecule has 0 bridgehead atoms. The average molecular weight is 418 g/mol. The molecule has 0 saturated heterocycles. The second-order valence-electron chi connectivity index (χ2n) is 7.55. The third-order valence-corrected chi connectivity index (χ3v) is 7.40. The monoisotopic (exact) mass is 417 g/mol. The van der Waals surface area contributed by atoms with Crippen molar-refractivity contribution < 1.29 is 17.9 Å². The summed E-state index contributed by atoms with van der Waals surface area (Å²) in [7, 11) is -2.21. The van der Waals surface area contributed by atoms with Crippen LogP contribution >= 0.6 is 12.4 Å². The highest BCUT2D eigenvalue weighted by Gasteiger charge is 2.64. The second-order valence-corrected chi connectivity index (χ2v) is 9.43. The van der Waals surface area contributed by atoms with Crippen LogP contribution in [-0.2, 0) is 26.0 Å². The number of carbonyl (C=O) groups excluding carboxylic acids is 1. The molecule has 1 amide bonds. The van der Waals surface area contributed by atoms with Gasteiger partial charge in [-0.3, -0.25) is 4.79 Å². The Balaban J connectivity index is 0.00000261. The molecule has 1 heterocycles. The molecule has 2 atom stereocenters. The van der Waals surface area contributed by atoms with E-state index in [-0.39, 0.29) is 29.3 Å². The van der Waals surface area contributed by atoms with E-state index in [1.165, 1.54) is 7.05 Å². The first kappa shape index (κ1) is 22.1. The van der Waals surface area contributed by atoms with Crippen molar-refractivity contribution in [2.24, 2.45) is 11.1 Å². The van der Waals surface area contributed by atoms with Crippen LogP contribution in [0.2, 0.25) is 0 Å². The molecule has 1 aliphatic heterocycles. The van der Waals surface area contributed by atoms with Gasteiger partial charge in [0.15, 0.2) is 0 Å². The van der Waals surface area contributed by atoms with Crippen molar-refractivity contribution in [3.63, 3.8) is 0 Å². The number of nitrogens with two attached hydrogens (primary N) is 1. The van der Waals surface area contributed by atoms with Crippen molar-refractivity contribution in [2.45, 2.75) is 50.2 Å². The highest BCUT2D eigenvalue weighted by atomic mass is 35.5. The molecule has 2 aliphatic rings. The zero-order chi connectivity index (χ0) is 19.3. The summed E-state index contributed by atoms with van der Waals surface area (Å²) in [6.07, 6.45) is 1.10. The number of nitrogens with zero attached hydrogens (tertiary/aromatic N) is 1. The van der Waals surface area contributed by atoms with Gasteiger partial charge >= 0.3 is 0 Å². The van der Waals surface area contributed by atoms with Gasteiger partial charge in [-0.25, -0.2) is 13.1 Å². The SMILES string of the molecule is CCOC1CC(N)(C(=O)N2CCc3ccc(S(=O)(=O)NC)cc32)C1(C)C.Cl. The predicted octanol–water partition coefficient (Wildman–Crippen LogP) is 1.44. The van der Waals surface area contributed by atoms with Crippen molar-refractivity contribution in [1.29, 1.82) is 0 Å². The van der Waals surface area contributed by atoms with E-state index < -0.39 is 21.0 Å². The molecule has 3 rings (SSSR count). The van der Waals surface area contributed by atoms with Crippen molar-refractivity contribution in [2.75, 3.05) is 25.1 Å². The van der Waals surface area contributed by atoms with Gasteiger partial charge in [0, 0.05) is 30.7 Å². The lowest BCUT2D eigenvalue weighted by atomic mass is 9.54. The van der Waals surface area contributed by atoms with Gasteiger partial charge in [-0.15, -0.1) is 12.4 Å². The van der Waals surface area contributed by atoms with Gasteiger partial charge in [0.25, 0.3) is 0 Å². The Morgan fingerprint density at radius 1 is 1.41 bits per heavy atom. The summed E-state index contributed by atoms with van der Waals surface area (Å²) in [5.74, 6) is -0.170. The highest BCUT2D eigenvalue weighted by Crippen LogP contribution is 2.51. The highest BCUT2D eigenvalue weighted by molar-refractivity contribution is 7.89. The molecule has 0 spiro atoms. The summed E-state index contributed by atoms with van der Waals surface area (Å²) in [5.41, 5.74) is 6.61. The van der Waals surface area contributed by atoms with E-state index >= 15 is 0 Å². The first-order valence-corrected chi connectivity index (χ1v) is 10.4. The summed E-state index contributed by atoms with van der Waals surface area (Å²) in [6.45, 7) is 6.91. The maximum atomic E-state index is 13.3. The van der Waals surface area contributed by atoms with Crippen LogP contribution in [0.3, 0.4) is 0 Å². The number of nitrogens with one attached hydrogen (secondary N) is 1. The first-order valence-electron chi connectivity index (χ1n) is 8.87. The molecule has 1 aromatic rings. The maximum Gasteiger partial charge on any atom is 0.247 e. The molecular formula is C18H28ClN3O4S. The molecule has 9 heteroatoms. The first-order chi connectivity index (χ1) is 12.1. The van der Waals surface area contributed by atoms with E-state index in [9.17, 15) is 13.2 Å². The maximum absolute atomic E-state index is 13.3. The Labute approximate surface area is 167 Å². The number of fused-ring (bicyclic) bond motifs is 1. The minimum absolute atomic E-state index is 0. The summed E-state index contributed by atoms with van der Waals surface area (Å²) in [5, 5.41) is 0. The zero-order valence-corrected chi connectivity index (χ0v) is 17.7. The van der Waals surface area contributed by atoms with Crippen molar-refractivity contribution in [3.05, 3.63) is 23.8 Å². The number of amides is 1. The standard InChI is InChI=1S/C18H27N3O4S.ClH/c1-5-25-15-11-18(19,17(15,2)3)16(22)21-9-8-12-6-7-13(10-14(12)21)26(23,24)20-4;/h6-7,10,15,20H,5,8-9,11,19H2,1-4H3;1H. The van der Waals surface area contributed by atoms with Crippen LogP contribution in [0.15, 0.2) is 23.1 Å². The molecule has 27 heavy (non-hydrogen) atoms. The fourth-order valence-electron chi connectivity index (χ4n) is 3.89. The van der Waals surface area contributed by atoms with E-state index in [1.54, 1.807) is 23.1 Å². The lowest BCUT2D eigenvalue weighted by molar-refractivity contribution is -0.168. The third kappa shape index (κ3) is 3.27. The van der Waals surface area contributed by atoms with Crippen molar-refractivity contribution in [1.82, 2.24) is 4.72 Å². The summed E-state index contributed by atoms with van der Waals surface area (Å²) in [4.78, 5) is 15.1. The van der Waals surface area contributed by atoms with Crippen molar-refractivity contribution >= 4 is 34.0 Å². The molecule has 7 nitrogen and oxygen atoms in total. The van der Waals surface area contributed by atoms with Crippen LogP contribution < -0.4 is 15.4 Å². The fourth-order valence-corrected chi connectivity index (χ4v) is 4.64. The van der Waals surface area contributed by atoms with Gasteiger partial charge in [0.05, 0.1) is 11.0 Å². The largest absolute Gasteiger partial charge is 0.378 e. The number of rotatable bonds is 5. The lowest BCUT2D eigenvalue weighted by Crippen LogP contribution is -2.76. The number of halogens is 1. The van der Waals surface area contributed by atoms with E-state index in [0.717, 1.165) is 5.56 Å². The zero-order valence-electron chi connectivity index (χ0n) is 16.1. The molecule has 0 aromatic heterocycles. The van der Waals surface area contributed by atoms with Crippen LogP contribution in [-0.4, -0.2) is 46.2 Å². The van der Waals surface area contributed by atoms with Gasteiger partial charge in [0.2, 0.25) is 15.9 Å². The Bertz CT molecular complexity index is 843. The van der Waals surface area contributed by atoms with Crippen LogP contribution in [0.5, 0.6) is 0 Å². The Morgan fingerprint density at radius 3 is 2.63 bits per heavy atom. The van der Waals surface area contributed by atoms with Gasteiger partial charge in [-0.05, 0) is 38.1 Å². The fraction of sp³-hybridized carbons (Fsp3) is 0.611. The van der Waals surface area contributed by atoms with E-state index in [0.29, 0.717) is 31.7 Å². The topological polar surface area (TPSA) is 102 Å². The normalized spacial score (nSPS) is 26.1. The van der Waals surface area contributed by atoms with E-state index in [4.69, 9.17) is 10.5 Å². The molecule has 1 aromatic carbocycles. The molecule has 3 N–H and O–H groups in total. The number of benzene rings is 1. The summed E-state index contributed by atoms with van der Waals surface area (Å²) >= 11 is 0. The van der Waals surface area contributed by atoms with Gasteiger partial charge < -0.3 is 15.4 Å². The van der Waals surface area contributed by atoms with Crippen LogP contribution in [0, 0.1) is 5.41 Å². The molecule has 152 valence electrons. The van der Waals surface area contributed by atoms with Gasteiger partial charge in [-0.2, -0.15) is 0 Å². The summed E-state index contributed by atoms with van der Waals surface area (Å²) < 4.78 is 32.2. The van der Waals surface area contributed by atoms with E-state index in [1.807, 2.05) is 20.8 Å². The smallest absolute Gasteiger partial charge is 0.247 e. The molecule has 2 unspecified atom stereocenters. The van der Waals surface area contributed by atoms with Crippen LogP contribution in [0.4, 0.5) is 5.69 Å². The Kier molecular flexibility index (Phi) is 6.00. The molecule has 0 radical (unpaired) electrons. The van der Waals surface area contributed by atoms with Gasteiger partial charge in [-0.1, -0.05) is 19.9 Å². The lowest BCUT2D eigenvalue weighted by Gasteiger charge is -2.58. The Hall–Kier alpha value is -1.19. The summed E-state index contributed by atoms with van der Waals surface area (Å²) in [6, 6.07) is 4.89. The number of anilines is 1. The van der Waals surface area contributed by atoms with E-state index in [2.05, 4.69) is 4.72 Å². The molecular weight excluding hydrogens is 390 g/mol. The average Bonchev–Trinajstić information content (AvgIpc) is 3.03. The number of ether oxygens (including phenoxy) is 1. The molecule has 1 fully saturated rings. The number of sulfonamides is 1. The minimum Gasteiger partial charge on any atom is -0.378 e. The second kappa shape index (κ2) is 7.33. The van der Waals surface area contributed by atoms with Crippen molar-refractivity contribution in [3.8, 4) is 0 Å². The van der Waals surface area contributed by atoms with Crippen LogP contribution in [0.1, 0.15) is 32.8 Å². The molecule has 1 saturated carbocycles. The minimum atomic E-state index is -3.57. The predicted molar refractivity (Wildman–Crippen MR) is 107 cm³/mol. The Morgan fingerprint density at radius 2 is 2.07 bits per heavy atom. The quantitative estimate of drug-likeness (QED) is 0.754. The third-order valence-electron chi connectivity index (χ3n) is 5.99. The van der Waals surface area contributed by atoms with Gasteiger partial charge in [0.1, 0.15) is 5.54 Å². The number of hydrogen-bond donors (Lipinski definition) is 2. The number of carbonyl (C=O) groups is 1. The van der Waals surface area contributed by atoms with Crippen LogP contribution in [0.25, 0.3) is 0 Å². The number of hydrogen-bond acceptors (Lipinski definition) is 5.